The van der Waals surface area contributed by atoms with Crippen molar-refractivity contribution < 1.29 is 28.6 Å². The van der Waals surface area contributed by atoms with Gasteiger partial charge in [-0.15, -0.1) is 0 Å². The molecule has 1 aromatic rings. The summed E-state index contributed by atoms with van der Waals surface area (Å²) in [5.74, 6) is -1.68. The molecule has 1 N–H and O–H groups in total. The van der Waals surface area contributed by atoms with Gasteiger partial charge in [-0.05, 0) is 26.2 Å². The Morgan fingerprint density at radius 1 is 1.07 bits per heavy atom. The third-order valence-corrected chi connectivity index (χ3v) is 3.80. The van der Waals surface area contributed by atoms with Crippen molar-refractivity contribution in [2.75, 3.05) is 7.11 Å². The molecule has 1 aromatic heterocycles. The SMILES string of the molecule is COc1ccnc(C(=O)N[C@@H](C)C(=O)OC(C)CC(C)C)c1OC(=O)C(C)C. The van der Waals surface area contributed by atoms with E-state index in [0.29, 0.717) is 5.92 Å². The molecule has 0 spiro atoms. The van der Waals surface area contributed by atoms with Crippen LogP contribution in [0.1, 0.15) is 58.5 Å². The van der Waals surface area contributed by atoms with Crippen LogP contribution >= 0.6 is 0 Å². The van der Waals surface area contributed by atoms with Crippen LogP contribution in [0.2, 0.25) is 0 Å². The molecule has 1 heterocycles. The summed E-state index contributed by atoms with van der Waals surface area (Å²) < 4.78 is 15.8. The van der Waals surface area contributed by atoms with Gasteiger partial charge in [0.15, 0.2) is 11.4 Å². The Morgan fingerprint density at radius 2 is 1.71 bits per heavy atom. The monoisotopic (exact) mass is 394 g/mol. The van der Waals surface area contributed by atoms with E-state index in [2.05, 4.69) is 10.3 Å². The number of amides is 1. The number of methoxy groups -OCH3 is 1. The van der Waals surface area contributed by atoms with Gasteiger partial charge in [-0.3, -0.25) is 9.59 Å². The fourth-order valence-electron chi connectivity index (χ4n) is 2.41. The van der Waals surface area contributed by atoms with Gasteiger partial charge in [0, 0.05) is 12.3 Å². The molecular weight excluding hydrogens is 364 g/mol. The van der Waals surface area contributed by atoms with Gasteiger partial charge in [-0.1, -0.05) is 27.7 Å². The first-order chi connectivity index (χ1) is 13.1. The molecule has 1 unspecified atom stereocenters. The van der Waals surface area contributed by atoms with E-state index in [1.54, 1.807) is 20.8 Å². The minimum Gasteiger partial charge on any atom is -0.493 e. The summed E-state index contributed by atoms with van der Waals surface area (Å²) in [6.07, 6.45) is 1.82. The summed E-state index contributed by atoms with van der Waals surface area (Å²) in [6, 6.07) is 0.578. The molecule has 156 valence electrons. The second kappa shape index (κ2) is 10.6. The molecule has 0 aromatic carbocycles. The first-order valence-electron chi connectivity index (χ1n) is 9.32. The molecule has 2 atom stereocenters. The third kappa shape index (κ3) is 6.83. The van der Waals surface area contributed by atoms with Crippen molar-refractivity contribution in [3.63, 3.8) is 0 Å². The molecule has 28 heavy (non-hydrogen) atoms. The number of carbonyl (C=O) groups excluding carboxylic acids is 3. The molecule has 0 saturated heterocycles. The Morgan fingerprint density at radius 3 is 2.25 bits per heavy atom. The number of nitrogens with one attached hydrogen (secondary N) is 1. The molecule has 0 aliphatic heterocycles. The lowest BCUT2D eigenvalue weighted by atomic mass is 10.1. The van der Waals surface area contributed by atoms with E-state index < -0.39 is 29.8 Å². The number of nitrogens with zero attached hydrogens (tertiary/aromatic N) is 1. The van der Waals surface area contributed by atoms with Crippen molar-refractivity contribution in [2.24, 2.45) is 11.8 Å². The van der Waals surface area contributed by atoms with Crippen LogP contribution in [-0.2, 0) is 14.3 Å². The summed E-state index contributed by atoms with van der Waals surface area (Å²) in [6.45, 7) is 10.7. The predicted molar refractivity (Wildman–Crippen MR) is 103 cm³/mol. The maximum Gasteiger partial charge on any atom is 0.328 e. The average Bonchev–Trinajstić information content (AvgIpc) is 2.60. The Kier molecular flexibility index (Phi) is 8.88. The number of hydrogen-bond acceptors (Lipinski definition) is 7. The van der Waals surface area contributed by atoms with Crippen molar-refractivity contribution in [2.45, 2.75) is 60.1 Å². The maximum absolute atomic E-state index is 12.6. The van der Waals surface area contributed by atoms with Gasteiger partial charge in [0.25, 0.3) is 5.91 Å². The van der Waals surface area contributed by atoms with Gasteiger partial charge >= 0.3 is 11.9 Å². The van der Waals surface area contributed by atoms with Crippen molar-refractivity contribution >= 4 is 17.8 Å². The molecule has 8 nitrogen and oxygen atoms in total. The molecule has 0 saturated carbocycles. The zero-order chi connectivity index (χ0) is 21.4. The maximum atomic E-state index is 12.6. The smallest absolute Gasteiger partial charge is 0.328 e. The first kappa shape index (κ1) is 23.4. The van der Waals surface area contributed by atoms with Crippen LogP contribution in [0.3, 0.4) is 0 Å². The lowest BCUT2D eigenvalue weighted by Crippen LogP contribution is -2.41. The van der Waals surface area contributed by atoms with Gasteiger partial charge in [0.1, 0.15) is 6.04 Å². The first-order valence-corrected chi connectivity index (χ1v) is 9.32. The van der Waals surface area contributed by atoms with Crippen LogP contribution in [0, 0.1) is 11.8 Å². The zero-order valence-corrected chi connectivity index (χ0v) is 17.6. The van der Waals surface area contributed by atoms with Crippen molar-refractivity contribution in [1.82, 2.24) is 10.3 Å². The number of pyridine rings is 1. The lowest BCUT2D eigenvalue weighted by Gasteiger charge is -2.19. The molecule has 0 bridgehead atoms. The minimum atomic E-state index is -0.899. The molecule has 8 heteroatoms. The zero-order valence-electron chi connectivity index (χ0n) is 17.6. The van der Waals surface area contributed by atoms with E-state index >= 15 is 0 Å². The van der Waals surface area contributed by atoms with Crippen molar-refractivity contribution in [3.05, 3.63) is 18.0 Å². The van der Waals surface area contributed by atoms with E-state index in [1.165, 1.54) is 26.3 Å². The number of hydrogen-bond donors (Lipinski definition) is 1. The van der Waals surface area contributed by atoms with Crippen LogP contribution in [0.5, 0.6) is 11.5 Å². The van der Waals surface area contributed by atoms with E-state index in [0.717, 1.165) is 6.42 Å². The summed E-state index contributed by atoms with van der Waals surface area (Å²) in [5, 5.41) is 2.53. The fraction of sp³-hybridized carbons (Fsp3) is 0.600. The van der Waals surface area contributed by atoms with Gasteiger partial charge < -0.3 is 19.5 Å². The van der Waals surface area contributed by atoms with E-state index in [-0.39, 0.29) is 23.3 Å². The summed E-state index contributed by atoms with van der Waals surface area (Å²) >= 11 is 0. The number of aromatic nitrogens is 1. The van der Waals surface area contributed by atoms with Crippen LogP contribution in [-0.4, -0.2) is 42.1 Å². The molecule has 0 fully saturated rings. The van der Waals surface area contributed by atoms with Crippen LogP contribution in [0.4, 0.5) is 0 Å². The molecular formula is C20H30N2O6. The summed E-state index contributed by atoms with van der Waals surface area (Å²) in [5.41, 5.74) is -0.150. The van der Waals surface area contributed by atoms with Gasteiger partial charge in [-0.25, -0.2) is 9.78 Å². The van der Waals surface area contributed by atoms with Gasteiger partial charge in [-0.2, -0.15) is 0 Å². The Hall–Kier alpha value is -2.64. The van der Waals surface area contributed by atoms with E-state index in [4.69, 9.17) is 14.2 Å². The lowest BCUT2D eigenvalue weighted by molar-refractivity contribution is -0.150. The second-order valence-corrected chi connectivity index (χ2v) is 7.34. The third-order valence-electron chi connectivity index (χ3n) is 3.80. The summed E-state index contributed by atoms with van der Waals surface area (Å²) in [4.78, 5) is 40.8. The van der Waals surface area contributed by atoms with Crippen LogP contribution in [0.25, 0.3) is 0 Å². The number of carbonyl (C=O) groups is 3. The molecule has 0 radical (unpaired) electrons. The summed E-state index contributed by atoms with van der Waals surface area (Å²) in [7, 11) is 1.39. The second-order valence-electron chi connectivity index (χ2n) is 7.34. The van der Waals surface area contributed by atoms with Gasteiger partial charge in [0.05, 0.1) is 19.1 Å². The molecule has 1 amide bonds. The average molecular weight is 394 g/mol. The highest BCUT2D eigenvalue weighted by atomic mass is 16.6. The Labute approximate surface area is 166 Å². The standard InChI is InChI=1S/C20H30N2O6/c1-11(2)10-13(5)27-20(25)14(6)22-18(23)16-17(28-19(24)12(3)4)15(26-7)8-9-21-16/h8-9,11-14H,10H2,1-7H3,(H,22,23)/t13?,14-/m0/s1. The van der Waals surface area contributed by atoms with Crippen LogP contribution < -0.4 is 14.8 Å². The normalized spacial score (nSPS) is 13.0. The Balaban J connectivity index is 2.93. The van der Waals surface area contributed by atoms with Gasteiger partial charge in [0.2, 0.25) is 5.75 Å². The van der Waals surface area contributed by atoms with E-state index in [9.17, 15) is 14.4 Å². The van der Waals surface area contributed by atoms with Crippen molar-refractivity contribution in [1.29, 1.82) is 0 Å². The predicted octanol–water partition coefficient (Wildman–Crippen LogP) is 2.75. The molecule has 0 aliphatic carbocycles. The highest BCUT2D eigenvalue weighted by Gasteiger charge is 2.26. The number of ether oxygens (including phenoxy) is 3. The van der Waals surface area contributed by atoms with Crippen LogP contribution in [0.15, 0.2) is 12.3 Å². The number of rotatable bonds is 9. The highest BCUT2D eigenvalue weighted by molar-refractivity contribution is 5.98. The topological polar surface area (TPSA) is 104 Å². The quantitative estimate of drug-likeness (QED) is 0.642. The minimum absolute atomic E-state index is 0.0880. The largest absolute Gasteiger partial charge is 0.493 e. The van der Waals surface area contributed by atoms with Crippen molar-refractivity contribution in [3.8, 4) is 11.5 Å². The molecule has 1 rings (SSSR count). The highest BCUT2D eigenvalue weighted by Crippen LogP contribution is 2.30. The Bertz CT molecular complexity index is 702. The number of esters is 2. The fourth-order valence-corrected chi connectivity index (χ4v) is 2.41. The molecule has 0 aliphatic rings. The van der Waals surface area contributed by atoms with E-state index in [1.807, 2.05) is 13.8 Å².